The Morgan fingerprint density at radius 3 is 2.62 bits per heavy atom. The summed E-state index contributed by atoms with van der Waals surface area (Å²) >= 11 is 2.23. The first-order valence-corrected chi connectivity index (χ1v) is 7.50. The lowest BCUT2D eigenvalue weighted by molar-refractivity contribution is -0.384. The number of aromatic nitrogens is 1. The fraction of sp³-hybridized carbons (Fsp3) is 0.133. The van der Waals surface area contributed by atoms with Crippen molar-refractivity contribution in [3.05, 3.63) is 55.6 Å². The minimum atomic E-state index is -0.405. The molecule has 0 saturated heterocycles. The zero-order chi connectivity index (χ0) is 15.0. The Labute approximate surface area is 134 Å². The molecule has 0 bridgehead atoms. The molecule has 2 aromatic carbocycles. The second kappa shape index (κ2) is 5.44. The van der Waals surface area contributed by atoms with Crippen molar-refractivity contribution in [2.75, 3.05) is 0 Å². The molecule has 0 spiro atoms. The molecule has 3 rings (SSSR count). The molecule has 106 valence electrons. The van der Waals surface area contributed by atoms with Gasteiger partial charge in [0.05, 0.1) is 4.92 Å². The molecule has 0 N–H and O–H groups in total. The number of hydrogen-bond donors (Lipinski definition) is 0. The van der Waals surface area contributed by atoms with Gasteiger partial charge in [-0.3, -0.25) is 10.1 Å². The van der Waals surface area contributed by atoms with Gasteiger partial charge in [-0.25, -0.2) is 4.98 Å². The molecule has 5 nitrogen and oxygen atoms in total. The zero-order valence-electron chi connectivity index (χ0n) is 11.2. The lowest BCUT2D eigenvalue weighted by Gasteiger charge is -1.97. The van der Waals surface area contributed by atoms with Gasteiger partial charge in [-0.15, -0.1) is 0 Å². The van der Waals surface area contributed by atoms with Crippen LogP contribution < -0.4 is 0 Å². The lowest BCUT2D eigenvalue weighted by atomic mass is 10.1. The number of oxazole rings is 1. The molecule has 0 aliphatic rings. The van der Waals surface area contributed by atoms with E-state index in [0.29, 0.717) is 23.4 Å². The van der Waals surface area contributed by atoms with E-state index in [4.69, 9.17) is 4.42 Å². The number of halogens is 1. The number of non-ortho nitro benzene ring substituents is 1. The largest absolute Gasteiger partial charge is 0.436 e. The number of aryl methyl sites for hydroxylation is 1. The molecule has 6 heteroatoms. The highest BCUT2D eigenvalue weighted by Gasteiger charge is 2.16. The smallest absolute Gasteiger partial charge is 0.272 e. The fourth-order valence-corrected chi connectivity index (χ4v) is 2.53. The SMILES string of the molecule is CCc1cc([N+](=O)[O-])cc2nc(-c3ccc(I)cc3)oc12. The van der Waals surface area contributed by atoms with Crippen LogP contribution in [0.5, 0.6) is 0 Å². The molecule has 0 aliphatic carbocycles. The minimum absolute atomic E-state index is 0.0433. The molecule has 0 radical (unpaired) electrons. The summed E-state index contributed by atoms with van der Waals surface area (Å²) < 4.78 is 6.94. The monoisotopic (exact) mass is 394 g/mol. The predicted molar refractivity (Wildman–Crippen MR) is 88.2 cm³/mol. The molecule has 3 aromatic rings. The van der Waals surface area contributed by atoms with Crippen LogP contribution in [0.25, 0.3) is 22.6 Å². The molecule has 1 aromatic heterocycles. The van der Waals surface area contributed by atoms with Gasteiger partial charge >= 0.3 is 0 Å². The normalized spacial score (nSPS) is 11.0. The molecule has 0 saturated carbocycles. The topological polar surface area (TPSA) is 69.2 Å². The maximum atomic E-state index is 11.0. The highest BCUT2D eigenvalue weighted by Crippen LogP contribution is 2.30. The van der Waals surface area contributed by atoms with Crippen molar-refractivity contribution in [3.63, 3.8) is 0 Å². The van der Waals surface area contributed by atoms with Gasteiger partial charge in [0.1, 0.15) is 5.52 Å². The van der Waals surface area contributed by atoms with Crippen LogP contribution in [-0.4, -0.2) is 9.91 Å². The van der Waals surface area contributed by atoms with E-state index in [2.05, 4.69) is 27.6 Å². The van der Waals surface area contributed by atoms with E-state index in [-0.39, 0.29) is 5.69 Å². The van der Waals surface area contributed by atoms with Crippen molar-refractivity contribution < 1.29 is 9.34 Å². The van der Waals surface area contributed by atoms with Crippen LogP contribution in [0.3, 0.4) is 0 Å². The summed E-state index contributed by atoms with van der Waals surface area (Å²) in [5, 5.41) is 11.0. The van der Waals surface area contributed by atoms with E-state index >= 15 is 0 Å². The van der Waals surface area contributed by atoms with Crippen LogP contribution in [0.2, 0.25) is 0 Å². The molecule has 0 aliphatic heterocycles. The number of benzene rings is 2. The summed E-state index contributed by atoms with van der Waals surface area (Å²) in [4.78, 5) is 15.0. The summed E-state index contributed by atoms with van der Waals surface area (Å²) in [6.07, 6.45) is 0.652. The number of nitrogens with zero attached hydrogens (tertiary/aromatic N) is 2. The number of nitro benzene ring substituents is 1. The Balaban J connectivity index is 2.19. The van der Waals surface area contributed by atoms with E-state index in [1.165, 1.54) is 6.07 Å². The van der Waals surface area contributed by atoms with Gasteiger partial charge < -0.3 is 4.42 Å². The summed E-state index contributed by atoms with van der Waals surface area (Å²) in [6, 6.07) is 10.8. The highest BCUT2D eigenvalue weighted by molar-refractivity contribution is 14.1. The van der Waals surface area contributed by atoms with Crippen molar-refractivity contribution in [1.29, 1.82) is 0 Å². The van der Waals surface area contributed by atoms with Gasteiger partial charge in [0, 0.05) is 26.8 Å². The van der Waals surface area contributed by atoms with Crippen molar-refractivity contribution >= 4 is 39.4 Å². The average molecular weight is 394 g/mol. The Morgan fingerprint density at radius 1 is 1.29 bits per heavy atom. The van der Waals surface area contributed by atoms with Gasteiger partial charge in [0.2, 0.25) is 5.89 Å². The van der Waals surface area contributed by atoms with Crippen LogP contribution in [0.15, 0.2) is 40.8 Å². The summed E-state index contributed by atoms with van der Waals surface area (Å²) in [5.74, 6) is 0.483. The molecular weight excluding hydrogens is 383 g/mol. The average Bonchev–Trinajstić information content (AvgIpc) is 2.90. The van der Waals surface area contributed by atoms with Crippen molar-refractivity contribution in [3.8, 4) is 11.5 Å². The summed E-state index contributed by atoms with van der Waals surface area (Å²) in [5.41, 5.74) is 2.84. The van der Waals surface area contributed by atoms with Gasteiger partial charge in [-0.05, 0) is 53.3 Å². The number of nitro groups is 1. The van der Waals surface area contributed by atoms with Crippen molar-refractivity contribution in [1.82, 2.24) is 4.98 Å². The van der Waals surface area contributed by atoms with Crippen LogP contribution in [0.1, 0.15) is 12.5 Å². The third kappa shape index (κ3) is 2.63. The number of fused-ring (bicyclic) bond motifs is 1. The molecule has 21 heavy (non-hydrogen) atoms. The number of rotatable bonds is 3. The third-order valence-corrected chi connectivity index (χ3v) is 3.95. The Bertz CT molecular complexity index is 825. The first kappa shape index (κ1) is 14.0. The second-order valence-corrected chi connectivity index (χ2v) is 5.84. The molecule has 0 atom stereocenters. The minimum Gasteiger partial charge on any atom is -0.436 e. The van der Waals surface area contributed by atoms with Crippen molar-refractivity contribution in [2.45, 2.75) is 13.3 Å². The predicted octanol–water partition coefficient (Wildman–Crippen LogP) is 4.57. The lowest BCUT2D eigenvalue weighted by Crippen LogP contribution is -1.90. The maximum absolute atomic E-state index is 11.0. The van der Waals surface area contributed by atoms with Gasteiger partial charge in [0.15, 0.2) is 5.58 Å². The van der Waals surface area contributed by atoms with E-state index in [1.54, 1.807) is 6.07 Å². The third-order valence-electron chi connectivity index (χ3n) is 3.23. The first-order chi connectivity index (χ1) is 10.1. The van der Waals surface area contributed by atoms with E-state index in [0.717, 1.165) is 14.7 Å². The van der Waals surface area contributed by atoms with E-state index in [9.17, 15) is 10.1 Å². The Hall–Kier alpha value is -1.96. The van der Waals surface area contributed by atoms with E-state index in [1.807, 2.05) is 31.2 Å². The number of hydrogen-bond acceptors (Lipinski definition) is 4. The van der Waals surface area contributed by atoms with Gasteiger partial charge in [-0.2, -0.15) is 0 Å². The van der Waals surface area contributed by atoms with Gasteiger partial charge in [0.25, 0.3) is 5.69 Å². The van der Waals surface area contributed by atoms with E-state index < -0.39 is 4.92 Å². The summed E-state index contributed by atoms with van der Waals surface area (Å²) in [6.45, 7) is 1.94. The molecule has 0 fully saturated rings. The molecule has 1 heterocycles. The zero-order valence-corrected chi connectivity index (χ0v) is 13.3. The summed E-state index contributed by atoms with van der Waals surface area (Å²) in [7, 11) is 0. The van der Waals surface area contributed by atoms with Crippen LogP contribution in [0.4, 0.5) is 5.69 Å². The molecule has 0 amide bonds. The first-order valence-electron chi connectivity index (χ1n) is 6.42. The Kier molecular flexibility index (Phi) is 3.62. The van der Waals surface area contributed by atoms with Gasteiger partial charge in [-0.1, -0.05) is 6.92 Å². The Morgan fingerprint density at radius 2 is 2.00 bits per heavy atom. The molecular formula is C15H11IN2O3. The maximum Gasteiger partial charge on any atom is 0.272 e. The van der Waals surface area contributed by atoms with Crippen LogP contribution in [0, 0.1) is 13.7 Å². The van der Waals surface area contributed by atoms with Crippen LogP contribution in [-0.2, 0) is 6.42 Å². The standard InChI is InChI=1S/C15H11IN2O3/c1-2-9-7-12(18(19)20)8-13-14(9)21-15(17-13)10-3-5-11(16)6-4-10/h3-8H,2H2,1H3. The van der Waals surface area contributed by atoms with Crippen molar-refractivity contribution in [2.24, 2.45) is 0 Å². The van der Waals surface area contributed by atoms with Crippen LogP contribution >= 0.6 is 22.6 Å². The second-order valence-electron chi connectivity index (χ2n) is 4.59. The molecule has 0 unspecified atom stereocenters. The quantitative estimate of drug-likeness (QED) is 0.371. The fourth-order valence-electron chi connectivity index (χ4n) is 2.17. The highest BCUT2D eigenvalue weighted by atomic mass is 127.